The van der Waals surface area contributed by atoms with Crippen LogP contribution in [0.1, 0.15) is 0 Å². The number of halogens is 1. The Balaban J connectivity index is 1.60. The van der Waals surface area contributed by atoms with Crippen LogP contribution in [-0.2, 0) is 0 Å². The van der Waals surface area contributed by atoms with Gasteiger partial charge in [0.15, 0.2) is 0 Å². The maximum atomic E-state index is 12.7. The van der Waals surface area contributed by atoms with Crippen LogP contribution in [0.3, 0.4) is 0 Å². The highest BCUT2D eigenvalue weighted by molar-refractivity contribution is 6.30. The first kappa shape index (κ1) is 18.3. The van der Waals surface area contributed by atoms with Gasteiger partial charge in [-0.2, -0.15) is 0 Å². The van der Waals surface area contributed by atoms with Crippen LogP contribution in [0, 0.1) is 0 Å². The summed E-state index contributed by atoms with van der Waals surface area (Å²) in [5.41, 5.74) is 0.716. The van der Waals surface area contributed by atoms with E-state index in [1.165, 1.54) is 0 Å². The number of carbonyl (C=O) groups excluding carboxylic acids is 1. The Hall–Kier alpha value is -2.51. The number of rotatable bonds is 5. The van der Waals surface area contributed by atoms with Gasteiger partial charge in [-0.05, 0) is 24.3 Å². The van der Waals surface area contributed by atoms with Crippen LogP contribution < -0.4 is 20.1 Å². The predicted octanol–water partition coefficient (Wildman–Crippen LogP) is 2.63. The van der Waals surface area contributed by atoms with Crippen molar-refractivity contribution in [3.8, 4) is 11.5 Å². The minimum absolute atomic E-state index is 0.0963. The van der Waals surface area contributed by atoms with Crippen molar-refractivity contribution in [2.75, 3.05) is 38.7 Å². The van der Waals surface area contributed by atoms with Gasteiger partial charge in [-0.1, -0.05) is 11.6 Å². The third-order valence-corrected chi connectivity index (χ3v) is 4.28. The molecule has 0 spiro atoms. The molecule has 2 aromatic rings. The summed E-state index contributed by atoms with van der Waals surface area (Å²) in [6, 6.07) is 8.67. The summed E-state index contributed by atoms with van der Waals surface area (Å²) < 4.78 is 10.9. The fourth-order valence-corrected chi connectivity index (χ4v) is 2.87. The SMILES string of the molecule is COc1ccc(NC(=O)N2CCNCC2COc2cncc(Cl)c2)cc1. The van der Waals surface area contributed by atoms with Crippen molar-refractivity contribution in [3.05, 3.63) is 47.7 Å². The highest BCUT2D eigenvalue weighted by atomic mass is 35.5. The number of pyridine rings is 1. The Morgan fingerprint density at radius 3 is 2.88 bits per heavy atom. The highest BCUT2D eigenvalue weighted by Gasteiger charge is 2.27. The van der Waals surface area contributed by atoms with E-state index < -0.39 is 0 Å². The minimum atomic E-state index is -0.158. The van der Waals surface area contributed by atoms with E-state index in [0.717, 1.165) is 12.3 Å². The average molecular weight is 377 g/mol. The summed E-state index contributed by atoms with van der Waals surface area (Å²) in [6.07, 6.45) is 3.15. The predicted molar refractivity (Wildman–Crippen MR) is 100 cm³/mol. The second-order valence-corrected chi connectivity index (χ2v) is 6.30. The zero-order chi connectivity index (χ0) is 18.4. The highest BCUT2D eigenvalue weighted by Crippen LogP contribution is 2.18. The van der Waals surface area contributed by atoms with Crippen LogP contribution in [0.5, 0.6) is 11.5 Å². The Morgan fingerprint density at radius 2 is 2.15 bits per heavy atom. The number of anilines is 1. The number of urea groups is 1. The van der Waals surface area contributed by atoms with Gasteiger partial charge in [0.05, 0.1) is 24.4 Å². The lowest BCUT2D eigenvalue weighted by atomic mass is 10.2. The van der Waals surface area contributed by atoms with Gasteiger partial charge in [-0.15, -0.1) is 0 Å². The molecule has 0 saturated carbocycles. The third-order valence-electron chi connectivity index (χ3n) is 4.07. The van der Waals surface area contributed by atoms with Crippen molar-refractivity contribution in [2.45, 2.75) is 6.04 Å². The van der Waals surface area contributed by atoms with Crippen LogP contribution in [0.2, 0.25) is 5.02 Å². The second kappa shape index (κ2) is 8.73. The fraction of sp³-hybridized carbons (Fsp3) is 0.333. The molecule has 7 nitrogen and oxygen atoms in total. The van der Waals surface area contributed by atoms with Crippen molar-refractivity contribution >= 4 is 23.3 Å². The Bertz CT molecular complexity index is 741. The van der Waals surface area contributed by atoms with Gasteiger partial charge >= 0.3 is 6.03 Å². The van der Waals surface area contributed by atoms with E-state index in [-0.39, 0.29) is 12.1 Å². The zero-order valence-corrected chi connectivity index (χ0v) is 15.2. The van der Waals surface area contributed by atoms with E-state index in [0.29, 0.717) is 36.2 Å². The Morgan fingerprint density at radius 1 is 1.35 bits per heavy atom. The molecular formula is C18H21ClN4O3. The number of benzene rings is 1. The molecule has 1 atom stereocenters. The standard InChI is InChI=1S/C18H21ClN4O3/c1-25-16-4-2-14(3-5-16)22-18(24)23-7-6-20-10-15(23)12-26-17-8-13(19)9-21-11-17/h2-5,8-9,11,15,20H,6-7,10,12H2,1H3,(H,22,24). The summed E-state index contributed by atoms with van der Waals surface area (Å²) in [5.74, 6) is 1.32. The number of amides is 2. The first-order chi connectivity index (χ1) is 12.7. The lowest BCUT2D eigenvalue weighted by molar-refractivity contribution is 0.133. The quantitative estimate of drug-likeness (QED) is 0.839. The molecule has 26 heavy (non-hydrogen) atoms. The van der Waals surface area contributed by atoms with E-state index in [4.69, 9.17) is 21.1 Å². The van der Waals surface area contributed by atoms with E-state index in [1.54, 1.807) is 42.6 Å². The van der Waals surface area contributed by atoms with Gasteiger partial charge < -0.3 is 25.0 Å². The molecule has 1 aliphatic heterocycles. The molecule has 138 valence electrons. The Kier molecular flexibility index (Phi) is 6.14. The lowest BCUT2D eigenvalue weighted by Gasteiger charge is -2.35. The number of piperazine rings is 1. The summed E-state index contributed by atoms with van der Waals surface area (Å²) in [6.45, 7) is 2.35. The first-order valence-corrected chi connectivity index (χ1v) is 8.69. The number of ether oxygens (including phenoxy) is 2. The molecule has 1 aliphatic rings. The number of aromatic nitrogens is 1. The van der Waals surface area contributed by atoms with Crippen molar-refractivity contribution in [2.24, 2.45) is 0 Å². The normalized spacial score (nSPS) is 16.8. The van der Waals surface area contributed by atoms with Gasteiger partial charge in [-0.25, -0.2) is 4.79 Å². The molecule has 1 fully saturated rings. The molecule has 8 heteroatoms. The molecule has 2 amide bonds. The monoisotopic (exact) mass is 376 g/mol. The molecule has 0 radical (unpaired) electrons. The summed E-state index contributed by atoms with van der Waals surface area (Å²) in [4.78, 5) is 18.4. The van der Waals surface area contributed by atoms with Crippen LogP contribution in [0.15, 0.2) is 42.7 Å². The molecule has 3 rings (SSSR count). The van der Waals surface area contributed by atoms with Crippen molar-refractivity contribution < 1.29 is 14.3 Å². The molecule has 1 saturated heterocycles. The summed E-state index contributed by atoms with van der Waals surface area (Å²) >= 11 is 5.92. The third kappa shape index (κ3) is 4.77. The molecule has 0 bridgehead atoms. The molecule has 2 N–H and O–H groups in total. The first-order valence-electron chi connectivity index (χ1n) is 8.31. The maximum absolute atomic E-state index is 12.7. The average Bonchev–Trinajstić information content (AvgIpc) is 2.67. The second-order valence-electron chi connectivity index (χ2n) is 5.86. The van der Waals surface area contributed by atoms with Crippen LogP contribution >= 0.6 is 11.6 Å². The number of nitrogens with zero attached hydrogens (tertiary/aromatic N) is 2. The van der Waals surface area contributed by atoms with Crippen LogP contribution in [-0.4, -0.2) is 55.3 Å². The number of methoxy groups -OCH3 is 1. The van der Waals surface area contributed by atoms with Crippen LogP contribution in [0.25, 0.3) is 0 Å². The van der Waals surface area contributed by atoms with E-state index in [9.17, 15) is 4.79 Å². The van der Waals surface area contributed by atoms with Gasteiger partial charge in [0.2, 0.25) is 0 Å². The van der Waals surface area contributed by atoms with E-state index in [1.807, 2.05) is 12.1 Å². The molecular weight excluding hydrogens is 356 g/mol. The topological polar surface area (TPSA) is 75.7 Å². The van der Waals surface area contributed by atoms with E-state index >= 15 is 0 Å². The smallest absolute Gasteiger partial charge is 0.322 e. The summed E-state index contributed by atoms with van der Waals surface area (Å²) in [5, 5.41) is 6.71. The molecule has 0 aliphatic carbocycles. The molecule has 1 unspecified atom stereocenters. The summed E-state index contributed by atoms with van der Waals surface area (Å²) in [7, 11) is 1.61. The van der Waals surface area contributed by atoms with Crippen molar-refractivity contribution in [3.63, 3.8) is 0 Å². The Labute approximate surface area is 157 Å². The zero-order valence-electron chi connectivity index (χ0n) is 14.4. The van der Waals surface area contributed by atoms with E-state index in [2.05, 4.69) is 15.6 Å². The van der Waals surface area contributed by atoms with Crippen LogP contribution in [0.4, 0.5) is 10.5 Å². The molecule has 1 aromatic carbocycles. The largest absolute Gasteiger partial charge is 0.497 e. The lowest BCUT2D eigenvalue weighted by Crippen LogP contribution is -2.57. The van der Waals surface area contributed by atoms with Crippen molar-refractivity contribution in [1.82, 2.24) is 15.2 Å². The number of nitrogens with one attached hydrogen (secondary N) is 2. The minimum Gasteiger partial charge on any atom is -0.497 e. The van der Waals surface area contributed by atoms with Gasteiger partial charge in [0, 0.05) is 37.6 Å². The number of hydrogen-bond donors (Lipinski definition) is 2. The van der Waals surface area contributed by atoms with Gasteiger partial charge in [-0.3, -0.25) is 4.98 Å². The molecule has 1 aromatic heterocycles. The maximum Gasteiger partial charge on any atom is 0.322 e. The van der Waals surface area contributed by atoms with Gasteiger partial charge in [0.1, 0.15) is 18.1 Å². The van der Waals surface area contributed by atoms with Gasteiger partial charge in [0.25, 0.3) is 0 Å². The molecule has 2 heterocycles. The van der Waals surface area contributed by atoms with Crippen molar-refractivity contribution in [1.29, 1.82) is 0 Å². The number of carbonyl (C=O) groups is 1. The number of hydrogen-bond acceptors (Lipinski definition) is 5. The fourth-order valence-electron chi connectivity index (χ4n) is 2.71.